The third kappa shape index (κ3) is 4.78. The fraction of sp³-hybridized carbons (Fsp3) is 0.529. The standard InChI is InChI=1S/C17H24N2O2/c1-4-10-19(11-5-2)17(20)15(13-18)12-14-8-6-7-9-16(14)21-3/h6-9,15H,4-5,10-12H2,1-3H3. The second-order valence-corrected chi connectivity index (χ2v) is 5.02. The third-order valence-corrected chi connectivity index (χ3v) is 3.37. The summed E-state index contributed by atoms with van der Waals surface area (Å²) in [5.74, 6) is -0.00501. The molecule has 0 aromatic heterocycles. The maximum absolute atomic E-state index is 12.5. The number of hydrogen-bond donors (Lipinski definition) is 0. The van der Waals surface area contributed by atoms with Crippen LogP contribution in [0, 0.1) is 17.2 Å². The zero-order valence-corrected chi connectivity index (χ0v) is 13.1. The number of benzene rings is 1. The highest BCUT2D eigenvalue weighted by Crippen LogP contribution is 2.22. The predicted molar refractivity (Wildman–Crippen MR) is 83.0 cm³/mol. The maximum Gasteiger partial charge on any atom is 0.240 e. The number of amides is 1. The van der Waals surface area contributed by atoms with E-state index in [4.69, 9.17) is 4.74 Å². The Balaban J connectivity index is 2.87. The molecule has 1 aromatic carbocycles. The molecule has 114 valence electrons. The number of para-hydroxylation sites is 1. The van der Waals surface area contributed by atoms with E-state index in [9.17, 15) is 10.1 Å². The molecule has 0 fully saturated rings. The van der Waals surface area contributed by atoms with Gasteiger partial charge < -0.3 is 9.64 Å². The van der Waals surface area contributed by atoms with Gasteiger partial charge in [0.15, 0.2) is 0 Å². The molecule has 0 N–H and O–H groups in total. The van der Waals surface area contributed by atoms with Crippen molar-refractivity contribution in [1.29, 1.82) is 5.26 Å². The Morgan fingerprint density at radius 2 is 1.90 bits per heavy atom. The molecule has 0 bridgehead atoms. The molecule has 1 amide bonds. The molecule has 1 unspecified atom stereocenters. The van der Waals surface area contributed by atoms with E-state index in [2.05, 4.69) is 6.07 Å². The number of rotatable bonds is 8. The Labute approximate surface area is 127 Å². The van der Waals surface area contributed by atoms with Gasteiger partial charge in [-0.05, 0) is 24.5 Å². The highest BCUT2D eigenvalue weighted by molar-refractivity contribution is 5.81. The molecular weight excluding hydrogens is 264 g/mol. The normalized spacial score (nSPS) is 11.5. The van der Waals surface area contributed by atoms with Gasteiger partial charge in [0.25, 0.3) is 0 Å². The van der Waals surface area contributed by atoms with E-state index in [1.54, 1.807) is 12.0 Å². The van der Waals surface area contributed by atoms with Crippen molar-refractivity contribution < 1.29 is 9.53 Å². The van der Waals surface area contributed by atoms with Crippen LogP contribution in [0.15, 0.2) is 24.3 Å². The molecule has 21 heavy (non-hydrogen) atoms. The molecule has 1 atom stereocenters. The van der Waals surface area contributed by atoms with Crippen molar-refractivity contribution in [3.05, 3.63) is 29.8 Å². The Hall–Kier alpha value is -2.02. The van der Waals surface area contributed by atoms with Crippen molar-refractivity contribution in [2.24, 2.45) is 5.92 Å². The Morgan fingerprint density at radius 1 is 1.29 bits per heavy atom. The van der Waals surface area contributed by atoms with Crippen LogP contribution >= 0.6 is 0 Å². The van der Waals surface area contributed by atoms with Gasteiger partial charge in [-0.3, -0.25) is 4.79 Å². The van der Waals surface area contributed by atoms with Gasteiger partial charge in [0.05, 0.1) is 13.2 Å². The number of hydrogen-bond acceptors (Lipinski definition) is 3. The van der Waals surface area contributed by atoms with Crippen molar-refractivity contribution in [3.63, 3.8) is 0 Å². The summed E-state index contributed by atoms with van der Waals surface area (Å²) in [6, 6.07) is 9.68. The first-order valence-corrected chi connectivity index (χ1v) is 7.48. The fourth-order valence-electron chi connectivity index (χ4n) is 2.37. The lowest BCUT2D eigenvalue weighted by atomic mass is 9.98. The number of nitrogens with zero attached hydrogens (tertiary/aromatic N) is 2. The third-order valence-electron chi connectivity index (χ3n) is 3.37. The first-order valence-electron chi connectivity index (χ1n) is 7.48. The summed E-state index contributed by atoms with van der Waals surface area (Å²) in [5.41, 5.74) is 0.896. The van der Waals surface area contributed by atoms with Gasteiger partial charge in [-0.25, -0.2) is 0 Å². The van der Waals surface area contributed by atoms with Gasteiger partial charge in [0.1, 0.15) is 11.7 Å². The zero-order chi connectivity index (χ0) is 15.7. The Morgan fingerprint density at radius 3 is 2.43 bits per heavy atom. The van der Waals surface area contributed by atoms with Gasteiger partial charge in [-0.2, -0.15) is 5.26 Å². The van der Waals surface area contributed by atoms with Crippen LogP contribution in [0.5, 0.6) is 5.75 Å². The van der Waals surface area contributed by atoms with E-state index in [-0.39, 0.29) is 5.91 Å². The first-order chi connectivity index (χ1) is 10.2. The summed E-state index contributed by atoms with van der Waals surface area (Å²) in [6.45, 7) is 5.49. The molecule has 0 saturated carbocycles. The predicted octanol–water partition coefficient (Wildman–Crippen LogP) is 3.03. The Kier molecular flexibility index (Phi) is 7.31. The highest BCUT2D eigenvalue weighted by Gasteiger charge is 2.24. The molecule has 4 heteroatoms. The lowest BCUT2D eigenvalue weighted by Gasteiger charge is -2.24. The smallest absolute Gasteiger partial charge is 0.240 e. The molecule has 0 radical (unpaired) electrons. The summed E-state index contributed by atoms with van der Waals surface area (Å²) in [4.78, 5) is 14.3. The van der Waals surface area contributed by atoms with Crippen LogP contribution in [0.25, 0.3) is 0 Å². The van der Waals surface area contributed by atoms with Crippen LogP contribution in [-0.2, 0) is 11.2 Å². The molecule has 0 spiro atoms. The molecular formula is C17H24N2O2. The molecule has 4 nitrogen and oxygen atoms in total. The summed E-state index contributed by atoms with van der Waals surface area (Å²) in [5, 5.41) is 9.37. The van der Waals surface area contributed by atoms with E-state index >= 15 is 0 Å². The molecule has 0 aliphatic carbocycles. The summed E-state index contributed by atoms with van der Waals surface area (Å²) >= 11 is 0. The average Bonchev–Trinajstić information content (AvgIpc) is 2.52. The van der Waals surface area contributed by atoms with E-state index in [0.29, 0.717) is 19.5 Å². The molecule has 0 heterocycles. The van der Waals surface area contributed by atoms with E-state index < -0.39 is 5.92 Å². The molecule has 0 saturated heterocycles. The highest BCUT2D eigenvalue weighted by atomic mass is 16.5. The number of ether oxygens (including phenoxy) is 1. The van der Waals surface area contributed by atoms with Crippen LogP contribution < -0.4 is 4.74 Å². The second-order valence-electron chi connectivity index (χ2n) is 5.02. The van der Waals surface area contributed by atoms with Gasteiger partial charge in [-0.15, -0.1) is 0 Å². The van der Waals surface area contributed by atoms with Crippen molar-refractivity contribution in [1.82, 2.24) is 4.90 Å². The van der Waals surface area contributed by atoms with Crippen LogP contribution in [0.2, 0.25) is 0 Å². The van der Waals surface area contributed by atoms with Crippen LogP contribution in [0.3, 0.4) is 0 Å². The van der Waals surface area contributed by atoms with Crippen molar-refractivity contribution in [2.75, 3.05) is 20.2 Å². The van der Waals surface area contributed by atoms with Crippen molar-refractivity contribution >= 4 is 5.91 Å². The van der Waals surface area contributed by atoms with E-state index in [1.165, 1.54) is 0 Å². The summed E-state index contributed by atoms with van der Waals surface area (Å²) in [7, 11) is 1.60. The van der Waals surface area contributed by atoms with E-state index in [1.807, 2.05) is 38.1 Å². The summed E-state index contributed by atoms with van der Waals surface area (Å²) in [6.07, 6.45) is 2.19. The zero-order valence-electron chi connectivity index (χ0n) is 13.1. The Bertz CT molecular complexity index is 488. The molecule has 0 aliphatic rings. The topological polar surface area (TPSA) is 53.3 Å². The SMILES string of the molecule is CCCN(CCC)C(=O)C(C#N)Cc1ccccc1OC. The second kappa shape index (κ2) is 9.02. The largest absolute Gasteiger partial charge is 0.496 e. The monoisotopic (exact) mass is 288 g/mol. The minimum absolute atomic E-state index is 0.0768. The average molecular weight is 288 g/mol. The minimum atomic E-state index is -0.653. The van der Waals surface area contributed by atoms with Gasteiger partial charge in [-0.1, -0.05) is 32.0 Å². The van der Waals surface area contributed by atoms with Crippen LogP contribution in [0.4, 0.5) is 0 Å². The van der Waals surface area contributed by atoms with E-state index in [0.717, 1.165) is 24.2 Å². The summed E-state index contributed by atoms with van der Waals surface area (Å²) < 4.78 is 5.29. The maximum atomic E-state index is 12.5. The quantitative estimate of drug-likeness (QED) is 0.739. The molecule has 1 rings (SSSR count). The van der Waals surface area contributed by atoms with Crippen molar-refractivity contribution in [3.8, 4) is 11.8 Å². The number of nitriles is 1. The van der Waals surface area contributed by atoms with Crippen LogP contribution in [0.1, 0.15) is 32.3 Å². The number of carbonyl (C=O) groups excluding carboxylic acids is 1. The first kappa shape index (κ1) is 17.0. The lowest BCUT2D eigenvalue weighted by molar-refractivity contribution is -0.133. The van der Waals surface area contributed by atoms with Crippen molar-refractivity contribution in [2.45, 2.75) is 33.1 Å². The molecule has 0 aliphatic heterocycles. The minimum Gasteiger partial charge on any atom is -0.496 e. The number of carbonyl (C=O) groups is 1. The van der Waals surface area contributed by atoms with Crippen LogP contribution in [-0.4, -0.2) is 31.0 Å². The lowest BCUT2D eigenvalue weighted by Crippen LogP contribution is -2.37. The molecule has 1 aromatic rings. The number of methoxy groups -OCH3 is 1. The fourth-order valence-corrected chi connectivity index (χ4v) is 2.37. The van der Waals surface area contributed by atoms with Gasteiger partial charge >= 0.3 is 0 Å². The van der Waals surface area contributed by atoms with Gasteiger partial charge in [0.2, 0.25) is 5.91 Å². The van der Waals surface area contributed by atoms with Gasteiger partial charge in [0, 0.05) is 19.5 Å².